The molecule has 0 saturated heterocycles. The summed E-state index contributed by atoms with van der Waals surface area (Å²) in [6.07, 6.45) is 4.73. The number of hydrogen-bond donors (Lipinski definition) is 1. The minimum atomic E-state index is 0.174. The molecule has 3 aromatic heterocycles. The van der Waals surface area contributed by atoms with Crippen molar-refractivity contribution in [2.24, 2.45) is 7.05 Å². The molecule has 0 unspecified atom stereocenters. The molecule has 2 N–H and O–H groups in total. The topological polar surface area (TPSA) is 91.7 Å². The van der Waals surface area contributed by atoms with Gasteiger partial charge in [0, 0.05) is 19.3 Å². The zero-order valence-corrected chi connectivity index (χ0v) is 11.4. The lowest BCUT2D eigenvalue weighted by atomic mass is 10.4. The van der Waals surface area contributed by atoms with Crippen LogP contribution < -0.4 is 10.5 Å². The number of nitrogens with two attached hydrogens (primary N) is 1. The highest BCUT2D eigenvalue weighted by molar-refractivity contribution is 6.30. The van der Waals surface area contributed by atoms with E-state index in [1.54, 1.807) is 30.2 Å². The molecule has 0 aliphatic carbocycles. The monoisotopic (exact) mass is 290 g/mol. The molecule has 0 fully saturated rings. The van der Waals surface area contributed by atoms with Crippen molar-refractivity contribution >= 4 is 28.5 Å². The first-order chi connectivity index (χ1) is 9.63. The molecule has 0 bridgehead atoms. The van der Waals surface area contributed by atoms with Crippen LogP contribution >= 0.6 is 11.6 Å². The van der Waals surface area contributed by atoms with Crippen molar-refractivity contribution in [3.05, 3.63) is 35.5 Å². The number of pyridine rings is 1. The van der Waals surface area contributed by atoms with Gasteiger partial charge in [-0.05, 0) is 0 Å². The van der Waals surface area contributed by atoms with Gasteiger partial charge in [0.25, 0.3) is 0 Å². The van der Waals surface area contributed by atoms with Gasteiger partial charge in [0.2, 0.25) is 0 Å². The summed E-state index contributed by atoms with van der Waals surface area (Å²) in [6.45, 7) is 0.174. The van der Waals surface area contributed by atoms with Crippen LogP contribution in [0.25, 0.3) is 11.0 Å². The first kappa shape index (κ1) is 12.6. The minimum Gasteiger partial charge on any atom is -0.484 e. The number of nitrogen functional groups attached to an aromatic ring is 1. The summed E-state index contributed by atoms with van der Waals surface area (Å²) in [4.78, 5) is 12.5. The van der Waals surface area contributed by atoms with Crippen LogP contribution in [0.2, 0.25) is 5.02 Å². The van der Waals surface area contributed by atoms with Crippen LogP contribution in [0.3, 0.4) is 0 Å². The summed E-state index contributed by atoms with van der Waals surface area (Å²) in [5.41, 5.74) is 6.54. The number of nitrogens with zero attached hydrogens (tertiary/aromatic N) is 5. The Balaban J connectivity index is 1.86. The van der Waals surface area contributed by atoms with Crippen molar-refractivity contribution in [2.75, 3.05) is 5.73 Å². The summed E-state index contributed by atoms with van der Waals surface area (Å²) in [5, 5.41) is 5.32. The molecule has 0 aromatic carbocycles. The zero-order chi connectivity index (χ0) is 14.1. The van der Waals surface area contributed by atoms with E-state index in [4.69, 9.17) is 22.1 Å². The van der Waals surface area contributed by atoms with E-state index < -0.39 is 0 Å². The molecule has 7 nitrogen and oxygen atoms in total. The van der Waals surface area contributed by atoms with Crippen LogP contribution in [0.1, 0.15) is 5.82 Å². The lowest BCUT2D eigenvalue weighted by Gasteiger charge is -2.06. The molecule has 0 aliphatic heterocycles. The molecule has 3 heterocycles. The maximum absolute atomic E-state index is 5.87. The van der Waals surface area contributed by atoms with E-state index in [-0.39, 0.29) is 6.61 Å². The van der Waals surface area contributed by atoms with Gasteiger partial charge in [-0.25, -0.2) is 9.97 Å². The van der Waals surface area contributed by atoms with Crippen molar-refractivity contribution in [2.45, 2.75) is 6.61 Å². The Kier molecular flexibility index (Phi) is 3.11. The average molecular weight is 291 g/mol. The fourth-order valence-electron chi connectivity index (χ4n) is 1.77. The van der Waals surface area contributed by atoms with E-state index in [9.17, 15) is 0 Å². The van der Waals surface area contributed by atoms with Crippen LogP contribution in [-0.2, 0) is 13.7 Å². The van der Waals surface area contributed by atoms with Crippen molar-refractivity contribution in [3.63, 3.8) is 0 Å². The molecule has 0 amide bonds. The Morgan fingerprint density at radius 2 is 2.15 bits per heavy atom. The molecule has 0 saturated carbocycles. The van der Waals surface area contributed by atoms with Gasteiger partial charge < -0.3 is 10.5 Å². The molecule has 3 aromatic rings. The van der Waals surface area contributed by atoms with Gasteiger partial charge >= 0.3 is 0 Å². The Hall–Kier alpha value is -2.41. The maximum Gasteiger partial charge on any atom is 0.170 e. The number of aryl methyl sites for hydroxylation is 1. The molecule has 0 spiro atoms. The van der Waals surface area contributed by atoms with Gasteiger partial charge in [0.15, 0.2) is 11.5 Å². The molecule has 102 valence electrons. The molecule has 8 heteroatoms. The molecule has 0 atom stereocenters. The lowest BCUT2D eigenvalue weighted by molar-refractivity contribution is 0.295. The molecular weight excluding hydrogens is 280 g/mol. The van der Waals surface area contributed by atoms with Crippen LogP contribution in [0.4, 0.5) is 5.82 Å². The molecular formula is C12H11ClN6O. The number of halogens is 1. The quantitative estimate of drug-likeness (QED) is 0.787. The number of ether oxygens (including phenoxy) is 1. The number of aromatic nitrogens is 5. The van der Waals surface area contributed by atoms with E-state index in [1.165, 1.54) is 6.20 Å². The fraction of sp³-hybridized carbons (Fsp3) is 0.167. The standard InChI is InChI=1S/C12H11ClN6O/c1-19-12-9(5-16-19)11(14)17-10(18-12)6-20-8-2-7(13)3-15-4-8/h2-5H,6H2,1H3,(H2,14,17,18). The van der Waals surface area contributed by atoms with Gasteiger partial charge in [-0.3, -0.25) is 9.67 Å². The van der Waals surface area contributed by atoms with Crippen LogP contribution in [0.5, 0.6) is 5.75 Å². The van der Waals surface area contributed by atoms with E-state index in [0.717, 1.165) is 5.39 Å². The second-order valence-corrected chi connectivity index (χ2v) is 4.59. The lowest BCUT2D eigenvalue weighted by Crippen LogP contribution is -2.06. The molecule has 0 radical (unpaired) electrons. The van der Waals surface area contributed by atoms with E-state index >= 15 is 0 Å². The normalized spacial score (nSPS) is 10.9. The van der Waals surface area contributed by atoms with Crippen LogP contribution in [0, 0.1) is 0 Å². The van der Waals surface area contributed by atoms with Gasteiger partial charge in [-0.2, -0.15) is 5.10 Å². The fourth-order valence-corrected chi connectivity index (χ4v) is 1.94. The smallest absolute Gasteiger partial charge is 0.170 e. The molecule has 20 heavy (non-hydrogen) atoms. The summed E-state index contributed by atoms with van der Waals surface area (Å²) in [6, 6.07) is 1.67. The second kappa shape index (κ2) is 4.93. The highest BCUT2D eigenvalue weighted by Crippen LogP contribution is 2.19. The predicted molar refractivity (Wildman–Crippen MR) is 74.3 cm³/mol. The number of hydrogen-bond acceptors (Lipinski definition) is 6. The number of fused-ring (bicyclic) bond motifs is 1. The maximum atomic E-state index is 5.87. The first-order valence-corrected chi connectivity index (χ1v) is 6.19. The highest BCUT2D eigenvalue weighted by atomic mass is 35.5. The van der Waals surface area contributed by atoms with Gasteiger partial charge in [-0.1, -0.05) is 11.6 Å². The Bertz CT molecular complexity index is 772. The van der Waals surface area contributed by atoms with E-state index in [2.05, 4.69) is 20.1 Å². The average Bonchev–Trinajstić information content (AvgIpc) is 2.79. The predicted octanol–water partition coefficient (Wildman–Crippen LogP) is 1.57. The molecule has 0 aliphatic rings. The van der Waals surface area contributed by atoms with Gasteiger partial charge in [0.05, 0.1) is 22.8 Å². The first-order valence-electron chi connectivity index (χ1n) is 5.81. The largest absolute Gasteiger partial charge is 0.484 e. The Morgan fingerprint density at radius 3 is 2.95 bits per heavy atom. The SMILES string of the molecule is Cn1ncc2c(N)nc(COc3cncc(Cl)c3)nc21. The zero-order valence-electron chi connectivity index (χ0n) is 10.6. The highest BCUT2D eigenvalue weighted by Gasteiger charge is 2.09. The van der Waals surface area contributed by atoms with Crippen molar-refractivity contribution < 1.29 is 4.74 Å². The molecule has 3 rings (SSSR count). The van der Waals surface area contributed by atoms with Gasteiger partial charge in [0.1, 0.15) is 18.2 Å². The van der Waals surface area contributed by atoms with E-state index in [0.29, 0.717) is 28.1 Å². The third kappa shape index (κ3) is 2.35. The minimum absolute atomic E-state index is 0.174. The van der Waals surface area contributed by atoms with Crippen molar-refractivity contribution in [1.29, 1.82) is 0 Å². The third-order valence-corrected chi connectivity index (χ3v) is 2.92. The van der Waals surface area contributed by atoms with Crippen molar-refractivity contribution in [3.8, 4) is 5.75 Å². The van der Waals surface area contributed by atoms with Crippen LogP contribution in [-0.4, -0.2) is 24.7 Å². The van der Waals surface area contributed by atoms with E-state index in [1.807, 2.05) is 0 Å². The summed E-state index contributed by atoms with van der Waals surface area (Å²) < 4.78 is 7.17. The Labute approximate surface area is 119 Å². The van der Waals surface area contributed by atoms with Crippen LogP contribution in [0.15, 0.2) is 24.7 Å². The number of rotatable bonds is 3. The third-order valence-electron chi connectivity index (χ3n) is 2.72. The van der Waals surface area contributed by atoms with Crippen molar-refractivity contribution in [1.82, 2.24) is 24.7 Å². The Morgan fingerprint density at radius 1 is 1.30 bits per heavy atom. The summed E-state index contributed by atoms with van der Waals surface area (Å²) in [5.74, 6) is 1.40. The number of anilines is 1. The van der Waals surface area contributed by atoms with Gasteiger partial charge in [-0.15, -0.1) is 0 Å². The summed E-state index contributed by atoms with van der Waals surface area (Å²) in [7, 11) is 1.79. The summed E-state index contributed by atoms with van der Waals surface area (Å²) >= 11 is 5.83. The second-order valence-electron chi connectivity index (χ2n) is 4.16.